The van der Waals surface area contributed by atoms with Crippen LogP contribution in [0.3, 0.4) is 0 Å². The highest BCUT2D eigenvalue weighted by atomic mass is 32.2. The third-order valence-electron chi connectivity index (χ3n) is 3.27. The predicted molar refractivity (Wildman–Crippen MR) is 74.1 cm³/mol. The summed E-state index contributed by atoms with van der Waals surface area (Å²) >= 11 is 1.91. The summed E-state index contributed by atoms with van der Waals surface area (Å²) in [5, 5.41) is 4.08. The smallest absolute Gasteiger partial charge is 0.341 e. The van der Waals surface area contributed by atoms with E-state index in [0.29, 0.717) is 22.7 Å². The number of hydrogen-bond donors (Lipinski definition) is 1. The number of esters is 1. The molecule has 2 rings (SSSR count). The second-order valence-corrected chi connectivity index (χ2v) is 5.54. The molecule has 1 aliphatic rings. The Morgan fingerprint density at radius 3 is 3.06 bits per heavy atom. The monoisotopic (exact) mass is 266 g/mol. The van der Waals surface area contributed by atoms with Gasteiger partial charge in [-0.05, 0) is 37.7 Å². The van der Waals surface area contributed by atoms with E-state index < -0.39 is 0 Å². The molecule has 1 aliphatic carbocycles. The van der Waals surface area contributed by atoms with Crippen LogP contribution < -0.4 is 5.32 Å². The number of carbonyl (C=O) groups excluding carboxylic acids is 1. The van der Waals surface area contributed by atoms with Crippen molar-refractivity contribution >= 4 is 23.5 Å². The minimum atomic E-state index is -0.343. The Kier molecular flexibility index (Phi) is 4.47. The molecule has 0 aromatic carbocycles. The van der Waals surface area contributed by atoms with Gasteiger partial charge in [0.2, 0.25) is 0 Å². The number of ether oxygens (including phenoxy) is 1. The quantitative estimate of drug-likeness (QED) is 0.849. The number of rotatable bonds is 4. The van der Waals surface area contributed by atoms with Crippen molar-refractivity contribution in [3.8, 4) is 0 Å². The Morgan fingerprint density at radius 2 is 2.39 bits per heavy atom. The molecule has 1 heterocycles. The molecule has 98 valence electrons. The first-order valence-electron chi connectivity index (χ1n) is 6.07. The predicted octanol–water partition coefficient (Wildman–Crippen LogP) is 2.56. The Morgan fingerprint density at radius 1 is 1.56 bits per heavy atom. The van der Waals surface area contributed by atoms with Gasteiger partial charge in [0.1, 0.15) is 11.4 Å². The highest BCUT2D eigenvalue weighted by molar-refractivity contribution is 7.99. The van der Waals surface area contributed by atoms with E-state index in [1.54, 1.807) is 18.3 Å². The van der Waals surface area contributed by atoms with E-state index in [4.69, 9.17) is 4.74 Å². The van der Waals surface area contributed by atoms with Crippen LogP contribution in [0.25, 0.3) is 0 Å². The number of methoxy groups -OCH3 is 1. The second-order valence-electron chi connectivity index (χ2n) is 4.40. The normalized spacial score (nSPS) is 22.8. The third-order valence-corrected chi connectivity index (χ3v) is 4.37. The van der Waals surface area contributed by atoms with Gasteiger partial charge in [-0.3, -0.25) is 0 Å². The van der Waals surface area contributed by atoms with Gasteiger partial charge in [0, 0.05) is 17.5 Å². The van der Waals surface area contributed by atoms with Crippen LogP contribution in [0.5, 0.6) is 0 Å². The maximum atomic E-state index is 11.6. The number of thioether (sulfide) groups is 1. The summed E-state index contributed by atoms with van der Waals surface area (Å²) in [6.45, 7) is 0. The highest BCUT2D eigenvalue weighted by Gasteiger charge is 2.25. The van der Waals surface area contributed by atoms with Crippen LogP contribution in [0.4, 0.5) is 5.82 Å². The SMILES string of the molecule is COC(=O)c1cccnc1NC1CCC(SC)C1. The number of nitrogens with one attached hydrogen (secondary N) is 1. The number of nitrogens with zero attached hydrogens (tertiary/aromatic N) is 1. The van der Waals surface area contributed by atoms with Crippen molar-refractivity contribution in [2.75, 3.05) is 18.7 Å². The van der Waals surface area contributed by atoms with Crippen molar-refractivity contribution in [1.29, 1.82) is 0 Å². The highest BCUT2D eigenvalue weighted by Crippen LogP contribution is 2.30. The molecule has 0 amide bonds. The van der Waals surface area contributed by atoms with Crippen LogP contribution in [0.1, 0.15) is 29.6 Å². The van der Waals surface area contributed by atoms with E-state index in [0.717, 1.165) is 12.8 Å². The molecule has 18 heavy (non-hydrogen) atoms. The summed E-state index contributed by atoms with van der Waals surface area (Å²) in [5.74, 6) is 0.293. The van der Waals surface area contributed by atoms with E-state index in [9.17, 15) is 4.79 Å². The Bertz CT molecular complexity index is 425. The zero-order chi connectivity index (χ0) is 13.0. The topological polar surface area (TPSA) is 51.2 Å². The van der Waals surface area contributed by atoms with Crippen molar-refractivity contribution < 1.29 is 9.53 Å². The second kappa shape index (κ2) is 6.09. The molecule has 2 atom stereocenters. The van der Waals surface area contributed by atoms with Gasteiger partial charge in [0.25, 0.3) is 0 Å². The summed E-state index contributed by atoms with van der Waals surface area (Å²) in [4.78, 5) is 15.9. The van der Waals surface area contributed by atoms with Crippen molar-refractivity contribution in [2.24, 2.45) is 0 Å². The number of hydrogen-bond acceptors (Lipinski definition) is 5. The van der Waals surface area contributed by atoms with Crippen molar-refractivity contribution in [2.45, 2.75) is 30.6 Å². The number of pyridine rings is 1. The van der Waals surface area contributed by atoms with E-state index >= 15 is 0 Å². The molecule has 1 aromatic heterocycles. The lowest BCUT2D eigenvalue weighted by molar-refractivity contribution is 0.0601. The first-order chi connectivity index (χ1) is 8.74. The van der Waals surface area contributed by atoms with Gasteiger partial charge in [-0.25, -0.2) is 9.78 Å². The number of aromatic nitrogens is 1. The van der Waals surface area contributed by atoms with Crippen LogP contribution in [0.15, 0.2) is 18.3 Å². The summed E-state index contributed by atoms with van der Waals surface area (Å²) < 4.78 is 4.76. The largest absolute Gasteiger partial charge is 0.465 e. The maximum absolute atomic E-state index is 11.6. The zero-order valence-corrected chi connectivity index (χ0v) is 11.5. The van der Waals surface area contributed by atoms with Gasteiger partial charge in [0.15, 0.2) is 0 Å². The van der Waals surface area contributed by atoms with Gasteiger partial charge in [-0.15, -0.1) is 0 Å². The Balaban J connectivity index is 2.07. The number of carbonyl (C=O) groups is 1. The average Bonchev–Trinajstić information content (AvgIpc) is 2.86. The van der Waals surface area contributed by atoms with Gasteiger partial charge in [0.05, 0.1) is 7.11 Å². The molecule has 0 spiro atoms. The average molecular weight is 266 g/mol. The molecule has 1 saturated carbocycles. The van der Waals surface area contributed by atoms with Gasteiger partial charge in [-0.2, -0.15) is 11.8 Å². The summed E-state index contributed by atoms with van der Waals surface area (Å²) in [7, 11) is 1.39. The lowest BCUT2D eigenvalue weighted by atomic mass is 10.2. The molecule has 0 aliphatic heterocycles. The van der Waals surface area contributed by atoms with E-state index in [1.807, 2.05) is 11.8 Å². The molecule has 1 N–H and O–H groups in total. The fourth-order valence-corrected chi connectivity index (χ4v) is 3.07. The standard InChI is InChI=1S/C13H18N2O2S/c1-17-13(16)11-4-3-7-14-12(11)15-9-5-6-10(8-9)18-2/h3-4,7,9-10H,5-6,8H2,1-2H3,(H,14,15). The van der Waals surface area contributed by atoms with Crippen LogP contribution in [0, 0.1) is 0 Å². The molecule has 5 heteroatoms. The first-order valence-corrected chi connectivity index (χ1v) is 7.36. The van der Waals surface area contributed by atoms with Crippen molar-refractivity contribution in [1.82, 2.24) is 4.98 Å². The van der Waals surface area contributed by atoms with Crippen molar-refractivity contribution in [3.05, 3.63) is 23.9 Å². The molecular formula is C13H18N2O2S. The molecule has 0 saturated heterocycles. The van der Waals surface area contributed by atoms with E-state index in [1.165, 1.54) is 13.5 Å². The van der Waals surface area contributed by atoms with Crippen LogP contribution in [-0.2, 0) is 4.74 Å². The Hall–Kier alpha value is -1.23. The summed E-state index contributed by atoms with van der Waals surface area (Å²) in [6.07, 6.45) is 7.31. The lowest BCUT2D eigenvalue weighted by Crippen LogP contribution is -2.19. The molecule has 2 unspecified atom stereocenters. The Labute approximate surface area is 112 Å². The molecule has 4 nitrogen and oxygen atoms in total. The minimum absolute atomic E-state index is 0.343. The van der Waals surface area contributed by atoms with Crippen LogP contribution in [0.2, 0.25) is 0 Å². The summed E-state index contributed by atoms with van der Waals surface area (Å²) in [6, 6.07) is 3.89. The van der Waals surface area contributed by atoms with Gasteiger partial charge in [-0.1, -0.05) is 0 Å². The molecular weight excluding hydrogens is 248 g/mol. The minimum Gasteiger partial charge on any atom is -0.465 e. The maximum Gasteiger partial charge on any atom is 0.341 e. The van der Waals surface area contributed by atoms with Gasteiger partial charge >= 0.3 is 5.97 Å². The van der Waals surface area contributed by atoms with E-state index in [2.05, 4.69) is 16.6 Å². The van der Waals surface area contributed by atoms with Gasteiger partial charge < -0.3 is 10.1 Å². The summed E-state index contributed by atoms with van der Waals surface area (Å²) in [5.41, 5.74) is 0.507. The van der Waals surface area contributed by atoms with Crippen LogP contribution >= 0.6 is 11.8 Å². The van der Waals surface area contributed by atoms with Crippen molar-refractivity contribution in [3.63, 3.8) is 0 Å². The third kappa shape index (κ3) is 2.96. The zero-order valence-electron chi connectivity index (χ0n) is 10.7. The fourth-order valence-electron chi connectivity index (χ4n) is 2.27. The van der Waals surface area contributed by atoms with E-state index in [-0.39, 0.29) is 5.97 Å². The molecule has 0 radical (unpaired) electrons. The molecule has 1 fully saturated rings. The fraction of sp³-hybridized carbons (Fsp3) is 0.538. The lowest BCUT2D eigenvalue weighted by Gasteiger charge is -2.15. The molecule has 0 bridgehead atoms. The number of anilines is 1. The first kappa shape index (κ1) is 13.2. The molecule has 1 aromatic rings. The van der Waals surface area contributed by atoms with Crippen LogP contribution in [-0.4, -0.2) is 35.6 Å².